The van der Waals surface area contributed by atoms with E-state index in [-0.39, 0.29) is 18.0 Å². The summed E-state index contributed by atoms with van der Waals surface area (Å²) in [5, 5.41) is 16.1. The van der Waals surface area contributed by atoms with Gasteiger partial charge in [0.25, 0.3) is 5.91 Å². The summed E-state index contributed by atoms with van der Waals surface area (Å²) in [5.74, 6) is -0.284. The first kappa shape index (κ1) is 21.6. The highest BCUT2D eigenvalue weighted by Gasteiger charge is 2.34. The zero-order valence-corrected chi connectivity index (χ0v) is 17.1. The lowest BCUT2D eigenvalue weighted by molar-refractivity contribution is -0.140. The van der Waals surface area contributed by atoms with Gasteiger partial charge in [-0.25, -0.2) is 4.98 Å². The van der Waals surface area contributed by atoms with Crippen molar-refractivity contribution in [2.45, 2.75) is 43.9 Å². The van der Waals surface area contributed by atoms with E-state index < -0.39 is 11.9 Å². The summed E-state index contributed by atoms with van der Waals surface area (Å²) in [4.78, 5) is 16.3. The van der Waals surface area contributed by atoms with E-state index in [1.165, 1.54) is 0 Å². The molecule has 0 unspecified atom stereocenters. The number of carbonyl (C=O) groups is 1. The number of hydrogen-bond acceptors (Lipinski definition) is 4. The third-order valence-electron chi connectivity index (χ3n) is 5.72. The van der Waals surface area contributed by atoms with Gasteiger partial charge in [0.05, 0.1) is 22.7 Å². The van der Waals surface area contributed by atoms with Gasteiger partial charge >= 0.3 is 6.18 Å². The van der Waals surface area contributed by atoms with E-state index in [1.807, 2.05) is 6.07 Å². The molecule has 4 rings (SSSR count). The molecule has 164 valence electrons. The Morgan fingerprint density at radius 2 is 1.66 bits per heavy atom. The number of para-hydroxylation sites is 1. The van der Waals surface area contributed by atoms with Gasteiger partial charge in [-0.05, 0) is 49.9 Å². The second-order valence-electron chi connectivity index (χ2n) is 7.89. The van der Waals surface area contributed by atoms with E-state index in [2.05, 4.69) is 15.6 Å². The van der Waals surface area contributed by atoms with Crippen LogP contribution in [-0.4, -0.2) is 23.0 Å². The number of nitrogens with one attached hydrogen (secondary N) is 2. The van der Waals surface area contributed by atoms with Crippen molar-refractivity contribution < 1.29 is 18.0 Å². The van der Waals surface area contributed by atoms with E-state index in [9.17, 15) is 23.2 Å². The molecule has 0 atom stereocenters. The smallest absolute Gasteiger partial charge is 0.382 e. The van der Waals surface area contributed by atoms with Crippen LogP contribution in [-0.2, 0) is 6.18 Å². The van der Waals surface area contributed by atoms with Crippen molar-refractivity contribution in [2.24, 2.45) is 0 Å². The van der Waals surface area contributed by atoms with E-state index in [0.717, 1.165) is 6.07 Å². The molecule has 8 heteroatoms. The molecule has 1 heterocycles. The standard InChI is InChI=1S/C24H21F3N4O/c25-24(26,27)22-13-21(19-7-3-4-8-20(19)31-22)29-16-9-11-17(12-10-16)30-23(32)18-6-2-1-5-15(18)14-28/h1-8,13,16-17H,9-12H2,(H,29,31)(H,30,32). The van der Waals surface area contributed by atoms with E-state index in [1.54, 1.807) is 48.5 Å². The molecule has 0 radical (unpaired) electrons. The Morgan fingerprint density at radius 1 is 1.00 bits per heavy atom. The summed E-state index contributed by atoms with van der Waals surface area (Å²) in [6.45, 7) is 0. The molecule has 32 heavy (non-hydrogen) atoms. The van der Waals surface area contributed by atoms with Crippen LogP contribution in [0.1, 0.15) is 47.3 Å². The number of pyridine rings is 1. The first-order valence-electron chi connectivity index (χ1n) is 10.4. The lowest BCUT2D eigenvalue weighted by Crippen LogP contribution is -2.40. The highest BCUT2D eigenvalue weighted by atomic mass is 19.4. The van der Waals surface area contributed by atoms with E-state index >= 15 is 0 Å². The molecule has 0 saturated heterocycles. The summed E-state index contributed by atoms with van der Waals surface area (Å²) in [6, 6.07) is 16.4. The average molecular weight is 438 g/mol. The van der Waals surface area contributed by atoms with Crippen LogP contribution in [0.5, 0.6) is 0 Å². The highest BCUT2D eigenvalue weighted by molar-refractivity contribution is 5.96. The molecule has 1 fully saturated rings. The maximum Gasteiger partial charge on any atom is 0.433 e. The number of aromatic nitrogens is 1. The molecule has 1 aliphatic rings. The van der Waals surface area contributed by atoms with Gasteiger partial charge in [0.15, 0.2) is 0 Å². The first-order chi connectivity index (χ1) is 15.3. The van der Waals surface area contributed by atoms with Gasteiger partial charge in [-0.1, -0.05) is 30.3 Å². The largest absolute Gasteiger partial charge is 0.433 e. The fourth-order valence-corrected chi connectivity index (χ4v) is 4.08. The molecule has 3 aromatic rings. The Kier molecular flexibility index (Phi) is 5.99. The number of halogens is 3. The summed E-state index contributed by atoms with van der Waals surface area (Å²) in [6.07, 6.45) is -1.76. The molecule has 5 nitrogen and oxygen atoms in total. The quantitative estimate of drug-likeness (QED) is 0.581. The molecule has 1 saturated carbocycles. The molecular formula is C24H21F3N4O. The molecule has 0 aliphatic heterocycles. The second kappa shape index (κ2) is 8.87. The Balaban J connectivity index is 1.43. The number of benzene rings is 2. The van der Waals surface area contributed by atoms with Gasteiger partial charge in [0.2, 0.25) is 0 Å². The Bertz CT molecular complexity index is 1180. The molecule has 1 aromatic heterocycles. The van der Waals surface area contributed by atoms with Crippen molar-refractivity contribution in [3.05, 3.63) is 71.4 Å². The molecule has 0 bridgehead atoms. The van der Waals surface area contributed by atoms with E-state index in [0.29, 0.717) is 53.4 Å². The number of anilines is 1. The maximum atomic E-state index is 13.3. The third kappa shape index (κ3) is 4.67. The third-order valence-corrected chi connectivity index (χ3v) is 5.72. The minimum Gasteiger partial charge on any atom is -0.382 e. The number of amides is 1. The van der Waals surface area contributed by atoms with Crippen LogP contribution in [0, 0.1) is 11.3 Å². The summed E-state index contributed by atoms with van der Waals surface area (Å²) >= 11 is 0. The van der Waals surface area contributed by atoms with Crippen molar-refractivity contribution >= 4 is 22.5 Å². The van der Waals surface area contributed by atoms with Gasteiger partial charge in [0, 0.05) is 23.2 Å². The van der Waals surface area contributed by atoms with Crippen molar-refractivity contribution in [3.63, 3.8) is 0 Å². The fourth-order valence-electron chi connectivity index (χ4n) is 4.08. The van der Waals surface area contributed by atoms with Crippen LogP contribution in [0.3, 0.4) is 0 Å². The minimum absolute atomic E-state index is 0.0126. The van der Waals surface area contributed by atoms with Crippen LogP contribution in [0.2, 0.25) is 0 Å². The average Bonchev–Trinajstić information content (AvgIpc) is 2.79. The van der Waals surface area contributed by atoms with Crippen LogP contribution < -0.4 is 10.6 Å². The zero-order valence-electron chi connectivity index (χ0n) is 17.1. The summed E-state index contributed by atoms with van der Waals surface area (Å²) in [7, 11) is 0. The Labute approximate surface area is 183 Å². The Morgan fingerprint density at radius 3 is 2.38 bits per heavy atom. The number of carbonyl (C=O) groups excluding carboxylic acids is 1. The molecule has 0 spiro atoms. The summed E-state index contributed by atoms with van der Waals surface area (Å²) in [5.41, 5.74) is 0.458. The first-order valence-corrected chi connectivity index (χ1v) is 10.4. The number of nitrogens with zero attached hydrogens (tertiary/aromatic N) is 2. The van der Waals surface area contributed by atoms with Crippen molar-refractivity contribution in [3.8, 4) is 6.07 Å². The van der Waals surface area contributed by atoms with Gasteiger partial charge < -0.3 is 10.6 Å². The Hall–Kier alpha value is -3.60. The van der Waals surface area contributed by atoms with Crippen molar-refractivity contribution in [2.75, 3.05) is 5.32 Å². The van der Waals surface area contributed by atoms with Crippen LogP contribution in [0.4, 0.5) is 18.9 Å². The lowest BCUT2D eigenvalue weighted by Gasteiger charge is -2.31. The van der Waals surface area contributed by atoms with E-state index in [4.69, 9.17) is 0 Å². The lowest BCUT2D eigenvalue weighted by atomic mass is 9.90. The minimum atomic E-state index is -4.53. The van der Waals surface area contributed by atoms with Crippen LogP contribution in [0.15, 0.2) is 54.6 Å². The highest BCUT2D eigenvalue weighted by Crippen LogP contribution is 2.34. The molecule has 2 aromatic carbocycles. The van der Waals surface area contributed by atoms with Crippen molar-refractivity contribution in [1.29, 1.82) is 5.26 Å². The topological polar surface area (TPSA) is 77.8 Å². The predicted octanol–water partition coefficient (Wildman–Crippen LogP) is 5.28. The SMILES string of the molecule is N#Cc1ccccc1C(=O)NC1CCC(Nc2cc(C(F)(F)F)nc3ccccc23)CC1. The van der Waals surface area contributed by atoms with Gasteiger partial charge in [-0.2, -0.15) is 18.4 Å². The van der Waals surface area contributed by atoms with Gasteiger partial charge in [0.1, 0.15) is 5.69 Å². The predicted molar refractivity (Wildman–Crippen MR) is 115 cm³/mol. The van der Waals surface area contributed by atoms with Gasteiger partial charge in [-0.3, -0.25) is 4.79 Å². The zero-order chi connectivity index (χ0) is 22.7. The number of hydrogen-bond donors (Lipinski definition) is 2. The number of rotatable bonds is 4. The van der Waals surface area contributed by atoms with Crippen LogP contribution >= 0.6 is 0 Å². The molecule has 1 aliphatic carbocycles. The molecule has 2 N–H and O–H groups in total. The molecule has 1 amide bonds. The maximum absolute atomic E-state index is 13.3. The monoisotopic (exact) mass is 438 g/mol. The van der Waals surface area contributed by atoms with Crippen LogP contribution in [0.25, 0.3) is 10.9 Å². The fraction of sp³-hybridized carbons (Fsp3) is 0.292. The molecular weight excluding hydrogens is 417 g/mol. The summed E-state index contributed by atoms with van der Waals surface area (Å²) < 4.78 is 39.9. The second-order valence-corrected chi connectivity index (χ2v) is 7.89. The van der Waals surface area contributed by atoms with Crippen molar-refractivity contribution in [1.82, 2.24) is 10.3 Å². The number of nitriles is 1. The number of fused-ring (bicyclic) bond motifs is 1. The van der Waals surface area contributed by atoms with Gasteiger partial charge in [-0.15, -0.1) is 0 Å². The number of alkyl halides is 3. The normalized spacial score (nSPS) is 18.7.